The normalized spacial score (nSPS) is 23.8. The summed E-state index contributed by atoms with van der Waals surface area (Å²) in [6, 6.07) is 23.6. The van der Waals surface area contributed by atoms with E-state index >= 15 is 0 Å². The van der Waals surface area contributed by atoms with Crippen LogP contribution in [-0.4, -0.2) is 28.5 Å². The van der Waals surface area contributed by atoms with E-state index in [9.17, 15) is 9.59 Å². The van der Waals surface area contributed by atoms with Crippen LogP contribution in [0.3, 0.4) is 0 Å². The van der Waals surface area contributed by atoms with Gasteiger partial charge < -0.3 is 10.2 Å². The number of amides is 2. The fourth-order valence-corrected chi connectivity index (χ4v) is 5.98. The molecule has 0 aromatic heterocycles. The standard InChI is InChI=1S/C23H20N2O2S/c26-21-12-13-23(18-8-2-1-3-9-18)25(21)20(15-28-23)22(27)24-19-11-10-16-6-4-5-7-17(16)14-19/h1-11,14,20H,12-13,15H2,(H,24,27)/t20-,23+/m0/s1. The van der Waals surface area contributed by atoms with Crippen LogP contribution in [0.5, 0.6) is 0 Å². The molecule has 0 radical (unpaired) electrons. The maximum absolute atomic E-state index is 13.1. The van der Waals surface area contributed by atoms with Gasteiger partial charge in [-0.05, 0) is 34.9 Å². The summed E-state index contributed by atoms with van der Waals surface area (Å²) in [6.07, 6.45) is 1.24. The molecule has 4 nitrogen and oxygen atoms in total. The van der Waals surface area contributed by atoms with Crippen molar-refractivity contribution < 1.29 is 9.59 Å². The Bertz CT molecular complexity index is 1070. The number of anilines is 1. The molecule has 2 heterocycles. The minimum absolute atomic E-state index is 0.0625. The lowest BCUT2D eigenvalue weighted by atomic mass is 10.0. The fraction of sp³-hybridized carbons (Fsp3) is 0.217. The van der Waals surface area contributed by atoms with Gasteiger partial charge in [0.15, 0.2) is 0 Å². The number of hydrogen-bond acceptors (Lipinski definition) is 3. The van der Waals surface area contributed by atoms with Crippen molar-refractivity contribution in [2.75, 3.05) is 11.1 Å². The molecule has 28 heavy (non-hydrogen) atoms. The van der Waals surface area contributed by atoms with E-state index in [-0.39, 0.29) is 11.8 Å². The Hall–Kier alpha value is -2.79. The maximum Gasteiger partial charge on any atom is 0.248 e. The Morgan fingerprint density at radius 2 is 1.75 bits per heavy atom. The molecule has 140 valence electrons. The number of rotatable bonds is 3. The monoisotopic (exact) mass is 388 g/mol. The molecule has 2 aliphatic rings. The van der Waals surface area contributed by atoms with E-state index in [0.29, 0.717) is 12.2 Å². The molecule has 2 saturated heterocycles. The third-order valence-corrected chi connectivity index (χ3v) is 7.27. The Labute approximate surface area is 167 Å². The molecule has 0 bridgehead atoms. The number of benzene rings is 3. The van der Waals surface area contributed by atoms with Crippen LogP contribution in [0.4, 0.5) is 5.69 Å². The van der Waals surface area contributed by atoms with Gasteiger partial charge >= 0.3 is 0 Å². The second kappa shape index (κ2) is 6.67. The molecule has 5 heteroatoms. The summed E-state index contributed by atoms with van der Waals surface area (Å²) >= 11 is 1.71. The van der Waals surface area contributed by atoms with E-state index in [4.69, 9.17) is 0 Å². The number of carbonyl (C=O) groups is 2. The minimum Gasteiger partial charge on any atom is -0.324 e. The van der Waals surface area contributed by atoms with E-state index < -0.39 is 10.9 Å². The lowest BCUT2D eigenvalue weighted by Crippen LogP contribution is -2.48. The van der Waals surface area contributed by atoms with Gasteiger partial charge in [0, 0.05) is 17.9 Å². The van der Waals surface area contributed by atoms with Crippen molar-refractivity contribution in [1.82, 2.24) is 4.90 Å². The van der Waals surface area contributed by atoms with Crippen molar-refractivity contribution in [3.8, 4) is 0 Å². The molecule has 2 amide bonds. The van der Waals surface area contributed by atoms with Crippen LogP contribution in [0.2, 0.25) is 0 Å². The number of thioether (sulfide) groups is 1. The third kappa shape index (κ3) is 2.69. The van der Waals surface area contributed by atoms with Crippen molar-refractivity contribution in [2.24, 2.45) is 0 Å². The fourth-order valence-electron chi connectivity index (χ4n) is 4.33. The number of nitrogens with one attached hydrogen (secondary N) is 1. The number of hydrogen-bond donors (Lipinski definition) is 1. The van der Waals surface area contributed by atoms with E-state index in [1.54, 1.807) is 11.8 Å². The Morgan fingerprint density at radius 3 is 2.57 bits per heavy atom. The van der Waals surface area contributed by atoms with Gasteiger partial charge in [-0.2, -0.15) is 0 Å². The summed E-state index contributed by atoms with van der Waals surface area (Å²) in [6.45, 7) is 0. The van der Waals surface area contributed by atoms with E-state index in [1.165, 1.54) is 0 Å². The van der Waals surface area contributed by atoms with Crippen molar-refractivity contribution in [3.05, 3.63) is 78.4 Å². The average Bonchev–Trinajstić information content (AvgIpc) is 3.28. The van der Waals surface area contributed by atoms with Gasteiger partial charge in [0.05, 0.1) is 0 Å². The minimum atomic E-state index is -0.452. The van der Waals surface area contributed by atoms with Crippen LogP contribution < -0.4 is 5.32 Å². The van der Waals surface area contributed by atoms with E-state index in [1.807, 2.05) is 65.6 Å². The second-order valence-electron chi connectivity index (χ2n) is 7.29. The first kappa shape index (κ1) is 17.3. The molecular formula is C23H20N2O2S. The van der Waals surface area contributed by atoms with E-state index in [0.717, 1.165) is 28.4 Å². The van der Waals surface area contributed by atoms with Gasteiger partial charge in [0.25, 0.3) is 0 Å². The van der Waals surface area contributed by atoms with Crippen molar-refractivity contribution in [1.29, 1.82) is 0 Å². The molecule has 0 spiro atoms. The van der Waals surface area contributed by atoms with Crippen molar-refractivity contribution in [2.45, 2.75) is 23.8 Å². The third-order valence-electron chi connectivity index (χ3n) is 5.67. The first-order valence-electron chi connectivity index (χ1n) is 9.49. The molecule has 0 saturated carbocycles. The van der Waals surface area contributed by atoms with Gasteiger partial charge in [0.2, 0.25) is 11.8 Å². The number of carbonyl (C=O) groups excluding carboxylic acids is 2. The van der Waals surface area contributed by atoms with Crippen molar-refractivity contribution in [3.63, 3.8) is 0 Å². The lowest BCUT2D eigenvalue weighted by Gasteiger charge is -2.34. The number of nitrogens with zero attached hydrogens (tertiary/aromatic N) is 1. The van der Waals surface area contributed by atoms with Crippen LogP contribution in [0.1, 0.15) is 18.4 Å². The SMILES string of the molecule is O=C(Nc1ccc2ccccc2c1)[C@@H]1CS[C@@]2(c3ccccc3)CCC(=O)N12. The predicted molar refractivity (Wildman–Crippen MR) is 113 cm³/mol. The second-order valence-corrected chi connectivity index (χ2v) is 8.59. The molecule has 2 aliphatic heterocycles. The summed E-state index contributed by atoms with van der Waals surface area (Å²) < 4.78 is 0. The molecule has 3 aromatic carbocycles. The highest BCUT2D eigenvalue weighted by molar-refractivity contribution is 8.00. The summed E-state index contributed by atoms with van der Waals surface area (Å²) in [5.74, 6) is 0.559. The zero-order chi connectivity index (χ0) is 19.1. The van der Waals surface area contributed by atoms with Crippen LogP contribution >= 0.6 is 11.8 Å². The van der Waals surface area contributed by atoms with Gasteiger partial charge in [-0.15, -0.1) is 11.8 Å². The molecule has 2 atom stereocenters. The summed E-state index contributed by atoms with van der Waals surface area (Å²) in [7, 11) is 0. The van der Waals surface area contributed by atoms with Gasteiger partial charge in [-0.25, -0.2) is 0 Å². The topological polar surface area (TPSA) is 49.4 Å². The predicted octanol–water partition coefficient (Wildman–Crippen LogP) is 4.37. The Balaban J connectivity index is 1.43. The zero-order valence-electron chi connectivity index (χ0n) is 15.3. The van der Waals surface area contributed by atoms with Gasteiger partial charge in [-0.1, -0.05) is 60.7 Å². The summed E-state index contributed by atoms with van der Waals surface area (Å²) in [4.78, 5) is 27.2. The molecule has 3 aromatic rings. The van der Waals surface area contributed by atoms with Crippen LogP contribution in [0, 0.1) is 0 Å². The molecule has 0 aliphatic carbocycles. The molecule has 5 rings (SSSR count). The van der Waals surface area contributed by atoms with Crippen LogP contribution in [-0.2, 0) is 14.5 Å². The molecule has 0 unspecified atom stereocenters. The average molecular weight is 388 g/mol. The Morgan fingerprint density at radius 1 is 1.00 bits per heavy atom. The summed E-state index contributed by atoms with van der Waals surface area (Å²) in [5, 5.41) is 5.25. The largest absolute Gasteiger partial charge is 0.324 e. The quantitative estimate of drug-likeness (QED) is 0.725. The van der Waals surface area contributed by atoms with E-state index in [2.05, 4.69) is 17.4 Å². The smallest absolute Gasteiger partial charge is 0.248 e. The summed E-state index contributed by atoms with van der Waals surface area (Å²) in [5.41, 5.74) is 1.87. The highest BCUT2D eigenvalue weighted by Gasteiger charge is 2.56. The molecule has 1 N–H and O–H groups in total. The number of fused-ring (bicyclic) bond motifs is 2. The maximum atomic E-state index is 13.1. The Kier molecular flexibility index (Phi) is 4.13. The lowest BCUT2D eigenvalue weighted by molar-refractivity contribution is -0.136. The van der Waals surface area contributed by atoms with Gasteiger partial charge in [-0.3, -0.25) is 9.59 Å². The highest BCUT2D eigenvalue weighted by Crippen LogP contribution is 2.54. The molecular weight excluding hydrogens is 368 g/mol. The zero-order valence-corrected chi connectivity index (χ0v) is 16.1. The van der Waals surface area contributed by atoms with Crippen molar-refractivity contribution >= 4 is 40.0 Å². The van der Waals surface area contributed by atoms with Crippen LogP contribution in [0.25, 0.3) is 10.8 Å². The van der Waals surface area contributed by atoms with Crippen LogP contribution in [0.15, 0.2) is 72.8 Å². The highest BCUT2D eigenvalue weighted by atomic mass is 32.2. The van der Waals surface area contributed by atoms with Gasteiger partial charge in [0.1, 0.15) is 10.9 Å². The molecule has 2 fully saturated rings. The first-order valence-corrected chi connectivity index (χ1v) is 10.5. The first-order chi connectivity index (χ1) is 13.7.